The van der Waals surface area contributed by atoms with E-state index in [4.69, 9.17) is 0 Å². The van der Waals surface area contributed by atoms with Gasteiger partial charge in [-0.15, -0.1) is 0 Å². The van der Waals surface area contributed by atoms with Crippen LogP contribution in [-0.4, -0.2) is 65.5 Å². The van der Waals surface area contributed by atoms with Crippen molar-refractivity contribution in [2.45, 2.75) is 32.9 Å². The van der Waals surface area contributed by atoms with Crippen LogP contribution in [0.15, 0.2) is 24.3 Å². The number of aliphatic hydroxyl groups excluding tert-OH is 1. The number of benzene rings is 1. The highest BCUT2D eigenvalue weighted by Gasteiger charge is 2.22. The third-order valence-electron chi connectivity index (χ3n) is 4.34. The summed E-state index contributed by atoms with van der Waals surface area (Å²) in [4.78, 5) is 27.5. The van der Waals surface area contributed by atoms with Gasteiger partial charge < -0.3 is 15.3 Å². The van der Waals surface area contributed by atoms with E-state index >= 15 is 0 Å². The Morgan fingerprint density at radius 1 is 1.17 bits per heavy atom. The van der Waals surface area contributed by atoms with Crippen LogP contribution in [0.1, 0.15) is 36.2 Å². The second-order valence-corrected chi connectivity index (χ2v) is 6.26. The number of nitrogens with zero attached hydrogens (tertiary/aromatic N) is 2. The molecule has 0 saturated carbocycles. The first-order valence-corrected chi connectivity index (χ1v) is 8.52. The van der Waals surface area contributed by atoms with Gasteiger partial charge in [0, 0.05) is 51.8 Å². The number of hydrogen-bond acceptors (Lipinski definition) is 4. The van der Waals surface area contributed by atoms with E-state index in [-0.39, 0.29) is 17.9 Å². The Morgan fingerprint density at radius 3 is 2.33 bits per heavy atom. The molecule has 1 aromatic carbocycles. The Morgan fingerprint density at radius 2 is 1.79 bits per heavy atom. The molecule has 0 aromatic heterocycles. The van der Waals surface area contributed by atoms with Crippen LogP contribution in [-0.2, 0) is 11.3 Å². The molecule has 1 fully saturated rings. The number of carbonyl (C=O) groups excluding carboxylic acids is 2. The maximum absolute atomic E-state index is 12.6. The standard InChI is InChI=1S/C18H27N3O3/c1-3-17(23)13-20-8-10-21(11-9-20)18(24)16-6-4-15(5-7-16)12-19-14(2)22/h4-7,17,23H,3,8-13H2,1-2H3,(H,19,22)/t17-/m0/s1. The maximum atomic E-state index is 12.6. The molecule has 1 aliphatic rings. The lowest BCUT2D eigenvalue weighted by atomic mass is 10.1. The average Bonchev–Trinajstić information content (AvgIpc) is 2.60. The number of amides is 2. The summed E-state index contributed by atoms with van der Waals surface area (Å²) in [5.41, 5.74) is 1.64. The van der Waals surface area contributed by atoms with Gasteiger partial charge in [-0.2, -0.15) is 0 Å². The SMILES string of the molecule is CC[C@H](O)CN1CCN(C(=O)c2ccc(CNC(C)=O)cc2)CC1. The van der Waals surface area contributed by atoms with Gasteiger partial charge >= 0.3 is 0 Å². The summed E-state index contributed by atoms with van der Waals surface area (Å²) >= 11 is 0. The van der Waals surface area contributed by atoms with Gasteiger partial charge in [0.1, 0.15) is 0 Å². The van der Waals surface area contributed by atoms with E-state index in [2.05, 4.69) is 10.2 Å². The Kier molecular flexibility index (Phi) is 6.75. The fraction of sp³-hybridized carbons (Fsp3) is 0.556. The number of rotatable bonds is 6. The highest BCUT2D eigenvalue weighted by molar-refractivity contribution is 5.94. The van der Waals surface area contributed by atoms with Crippen molar-refractivity contribution in [2.24, 2.45) is 0 Å². The zero-order valence-corrected chi connectivity index (χ0v) is 14.5. The smallest absolute Gasteiger partial charge is 0.253 e. The van der Waals surface area contributed by atoms with E-state index in [1.165, 1.54) is 6.92 Å². The van der Waals surface area contributed by atoms with Crippen molar-refractivity contribution in [3.05, 3.63) is 35.4 Å². The molecule has 2 N–H and O–H groups in total. The second-order valence-electron chi connectivity index (χ2n) is 6.26. The predicted octanol–water partition coefficient (Wildman–Crippen LogP) is 0.851. The first kappa shape index (κ1) is 18.4. The molecular weight excluding hydrogens is 306 g/mol. The summed E-state index contributed by atoms with van der Waals surface area (Å²) < 4.78 is 0. The quantitative estimate of drug-likeness (QED) is 0.810. The summed E-state index contributed by atoms with van der Waals surface area (Å²) in [5.74, 6) is -0.0296. The van der Waals surface area contributed by atoms with Gasteiger partial charge in [0.25, 0.3) is 5.91 Å². The summed E-state index contributed by atoms with van der Waals surface area (Å²) in [7, 11) is 0. The van der Waals surface area contributed by atoms with Crippen LogP contribution in [0.25, 0.3) is 0 Å². The number of aliphatic hydroxyl groups is 1. The Balaban J connectivity index is 1.85. The number of β-amino-alcohol motifs (C(OH)–C–C–N with tert-alkyl or cyclic N) is 1. The lowest BCUT2D eigenvalue weighted by molar-refractivity contribution is -0.119. The number of carbonyl (C=O) groups is 2. The van der Waals surface area contributed by atoms with Gasteiger partial charge in [-0.25, -0.2) is 0 Å². The summed E-state index contributed by atoms with van der Waals surface area (Å²) in [6.45, 7) is 7.56. The molecule has 2 amide bonds. The molecule has 1 aromatic rings. The molecule has 0 aliphatic carbocycles. The Hall–Kier alpha value is -1.92. The normalized spacial score (nSPS) is 16.7. The van der Waals surface area contributed by atoms with Gasteiger partial charge in [0.05, 0.1) is 6.10 Å². The predicted molar refractivity (Wildman–Crippen MR) is 92.6 cm³/mol. The summed E-state index contributed by atoms with van der Waals surface area (Å²) in [6, 6.07) is 7.37. The third kappa shape index (κ3) is 5.32. The average molecular weight is 333 g/mol. The molecule has 2 rings (SSSR count). The first-order chi connectivity index (χ1) is 11.5. The van der Waals surface area contributed by atoms with Gasteiger partial charge in [0.2, 0.25) is 5.91 Å². The van der Waals surface area contributed by atoms with Crippen molar-refractivity contribution in [1.82, 2.24) is 15.1 Å². The van der Waals surface area contributed by atoms with Crippen LogP contribution < -0.4 is 5.32 Å². The van der Waals surface area contributed by atoms with Crippen LogP contribution in [0, 0.1) is 0 Å². The van der Waals surface area contributed by atoms with E-state index in [0.717, 1.165) is 25.1 Å². The fourth-order valence-electron chi connectivity index (χ4n) is 2.73. The molecule has 0 bridgehead atoms. The summed E-state index contributed by atoms with van der Waals surface area (Å²) in [5, 5.41) is 12.5. The Labute approximate surface area is 143 Å². The van der Waals surface area contributed by atoms with Gasteiger partial charge in [0.15, 0.2) is 0 Å². The lowest BCUT2D eigenvalue weighted by Crippen LogP contribution is -2.50. The van der Waals surface area contributed by atoms with E-state index in [0.29, 0.717) is 31.7 Å². The highest BCUT2D eigenvalue weighted by Crippen LogP contribution is 2.11. The largest absolute Gasteiger partial charge is 0.392 e. The van der Waals surface area contributed by atoms with Crippen LogP contribution in [0.3, 0.4) is 0 Å². The highest BCUT2D eigenvalue weighted by atomic mass is 16.3. The summed E-state index contributed by atoms with van der Waals surface area (Å²) in [6.07, 6.45) is 0.465. The topological polar surface area (TPSA) is 72.9 Å². The van der Waals surface area contributed by atoms with Crippen LogP contribution in [0.2, 0.25) is 0 Å². The van der Waals surface area contributed by atoms with E-state index in [1.807, 2.05) is 36.1 Å². The van der Waals surface area contributed by atoms with Crippen LogP contribution >= 0.6 is 0 Å². The molecule has 1 atom stereocenters. The van der Waals surface area contributed by atoms with Crippen molar-refractivity contribution >= 4 is 11.8 Å². The van der Waals surface area contributed by atoms with Gasteiger partial charge in [-0.1, -0.05) is 19.1 Å². The zero-order chi connectivity index (χ0) is 17.5. The minimum atomic E-state index is -0.289. The molecule has 1 heterocycles. The minimum Gasteiger partial charge on any atom is -0.392 e. The Bertz CT molecular complexity index is 551. The van der Waals surface area contributed by atoms with E-state index in [9.17, 15) is 14.7 Å². The number of piperazine rings is 1. The molecule has 24 heavy (non-hydrogen) atoms. The van der Waals surface area contributed by atoms with Crippen molar-refractivity contribution < 1.29 is 14.7 Å². The molecule has 0 radical (unpaired) electrons. The fourth-order valence-corrected chi connectivity index (χ4v) is 2.73. The van der Waals surface area contributed by atoms with Crippen molar-refractivity contribution in [3.8, 4) is 0 Å². The van der Waals surface area contributed by atoms with E-state index in [1.54, 1.807) is 0 Å². The number of hydrogen-bond donors (Lipinski definition) is 2. The molecule has 0 unspecified atom stereocenters. The molecule has 132 valence electrons. The monoisotopic (exact) mass is 333 g/mol. The van der Waals surface area contributed by atoms with Crippen molar-refractivity contribution in [3.63, 3.8) is 0 Å². The van der Waals surface area contributed by atoms with Gasteiger partial charge in [-0.3, -0.25) is 14.5 Å². The molecule has 6 nitrogen and oxygen atoms in total. The maximum Gasteiger partial charge on any atom is 0.253 e. The van der Waals surface area contributed by atoms with Crippen molar-refractivity contribution in [1.29, 1.82) is 0 Å². The molecule has 6 heteroatoms. The minimum absolute atomic E-state index is 0.0387. The van der Waals surface area contributed by atoms with E-state index < -0.39 is 0 Å². The second kappa shape index (κ2) is 8.80. The number of nitrogens with one attached hydrogen (secondary N) is 1. The molecule has 1 aliphatic heterocycles. The van der Waals surface area contributed by atoms with Crippen LogP contribution in [0.5, 0.6) is 0 Å². The lowest BCUT2D eigenvalue weighted by Gasteiger charge is -2.35. The van der Waals surface area contributed by atoms with Gasteiger partial charge in [-0.05, 0) is 24.1 Å². The van der Waals surface area contributed by atoms with Crippen LogP contribution in [0.4, 0.5) is 0 Å². The molecular formula is C18H27N3O3. The first-order valence-electron chi connectivity index (χ1n) is 8.52. The molecule has 0 spiro atoms. The van der Waals surface area contributed by atoms with Crippen molar-refractivity contribution in [2.75, 3.05) is 32.7 Å². The molecule has 1 saturated heterocycles. The zero-order valence-electron chi connectivity index (χ0n) is 14.5. The third-order valence-corrected chi connectivity index (χ3v) is 4.34.